The molecule has 1 rings (SSSR count). The molecule has 0 aliphatic heterocycles. The molecule has 0 atom stereocenters. The average Bonchev–Trinajstić information content (AvgIpc) is 2.03. The molecule has 0 aliphatic rings. The summed E-state index contributed by atoms with van der Waals surface area (Å²) in [7, 11) is 0. The zero-order valence-corrected chi connectivity index (χ0v) is 7.89. The van der Waals surface area contributed by atoms with Crippen LogP contribution in [0.4, 0.5) is 5.69 Å². The number of nitrogens with one attached hydrogen (secondary N) is 2. The van der Waals surface area contributed by atoms with Crippen LogP contribution in [0.2, 0.25) is 0 Å². The molecule has 2 nitrogen and oxygen atoms in total. The van der Waals surface area contributed by atoms with Gasteiger partial charge < -0.3 is 5.43 Å². The first-order chi connectivity index (χ1) is 5.68. The lowest BCUT2D eigenvalue weighted by Crippen LogP contribution is -2.28. The van der Waals surface area contributed by atoms with Crippen molar-refractivity contribution in [1.82, 2.24) is 5.43 Å². The van der Waals surface area contributed by atoms with E-state index in [9.17, 15) is 0 Å². The van der Waals surface area contributed by atoms with Crippen LogP contribution in [0.1, 0.15) is 19.4 Å². The summed E-state index contributed by atoms with van der Waals surface area (Å²) in [6.07, 6.45) is 0. The normalized spacial score (nSPS) is 10.3. The highest BCUT2D eigenvalue weighted by atomic mass is 15.4. The number of anilines is 1. The second kappa shape index (κ2) is 4.12. The molecular formula is C10H16N2. The lowest BCUT2D eigenvalue weighted by atomic mass is 10.2. The summed E-state index contributed by atoms with van der Waals surface area (Å²) in [6.45, 7) is 6.28. The Labute approximate surface area is 74.0 Å². The van der Waals surface area contributed by atoms with Gasteiger partial charge in [-0.25, -0.2) is 5.43 Å². The molecule has 2 N–H and O–H groups in total. The second-order valence-electron chi connectivity index (χ2n) is 3.29. The molecule has 0 aliphatic carbocycles. The van der Waals surface area contributed by atoms with Gasteiger partial charge in [0.2, 0.25) is 0 Å². The molecule has 0 radical (unpaired) electrons. The molecular weight excluding hydrogens is 148 g/mol. The first-order valence-electron chi connectivity index (χ1n) is 4.26. The minimum Gasteiger partial charge on any atom is -0.321 e. The molecule has 1 aromatic carbocycles. The van der Waals surface area contributed by atoms with Crippen molar-refractivity contribution >= 4 is 5.69 Å². The molecule has 0 saturated carbocycles. The molecule has 0 spiro atoms. The molecule has 0 aromatic heterocycles. The maximum absolute atomic E-state index is 3.13. The van der Waals surface area contributed by atoms with E-state index in [1.807, 2.05) is 0 Å². The quantitative estimate of drug-likeness (QED) is 0.670. The number of aryl methyl sites for hydroxylation is 1. The number of hydrazine groups is 1. The number of rotatable bonds is 3. The van der Waals surface area contributed by atoms with Gasteiger partial charge in [-0.1, -0.05) is 17.7 Å². The van der Waals surface area contributed by atoms with Crippen LogP contribution >= 0.6 is 0 Å². The molecule has 0 bridgehead atoms. The van der Waals surface area contributed by atoms with Crippen molar-refractivity contribution in [2.24, 2.45) is 0 Å². The van der Waals surface area contributed by atoms with E-state index in [1.165, 1.54) is 5.56 Å². The van der Waals surface area contributed by atoms with Crippen molar-refractivity contribution in [2.75, 3.05) is 5.43 Å². The summed E-state index contributed by atoms with van der Waals surface area (Å²) < 4.78 is 0. The minimum absolute atomic E-state index is 0.450. The Hall–Kier alpha value is -1.02. The van der Waals surface area contributed by atoms with Crippen LogP contribution in [0.25, 0.3) is 0 Å². The third-order valence-corrected chi connectivity index (χ3v) is 1.56. The lowest BCUT2D eigenvalue weighted by molar-refractivity contribution is 0.660. The average molecular weight is 164 g/mol. The maximum Gasteiger partial charge on any atom is 0.0487 e. The van der Waals surface area contributed by atoms with Gasteiger partial charge in [0.15, 0.2) is 0 Å². The van der Waals surface area contributed by atoms with E-state index < -0.39 is 0 Å². The second-order valence-corrected chi connectivity index (χ2v) is 3.29. The summed E-state index contributed by atoms with van der Waals surface area (Å²) in [4.78, 5) is 0. The Bertz CT molecular complexity index is 226. The fourth-order valence-corrected chi connectivity index (χ4v) is 0.865. The number of hydrogen-bond donors (Lipinski definition) is 2. The number of benzene rings is 1. The Morgan fingerprint density at radius 1 is 1.08 bits per heavy atom. The minimum atomic E-state index is 0.450. The van der Waals surface area contributed by atoms with Gasteiger partial charge in [-0.05, 0) is 32.9 Å². The van der Waals surface area contributed by atoms with Crippen molar-refractivity contribution < 1.29 is 0 Å². The molecule has 0 fully saturated rings. The first-order valence-corrected chi connectivity index (χ1v) is 4.26. The lowest BCUT2D eigenvalue weighted by Gasteiger charge is -2.10. The van der Waals surface area contributed by atoms with Crippen LogP contribution in [-0.2, 0) is 0 Å². The topological polar surface area (TPSA) is 24.1 Å². The number of hydrogen-bond acceptors (Lipinski definition) is 2. The van der Waals surface area contributed by atoms with E-state index in [0.717, 1.165) is 5.69 Å². The largest absolute Gasteiger partial charge is 0.321 e. The Morgan fingerprint density at radius 3 is 2.17 bits per heavy atom. The van der Waals surface area contributed by atoms with Gasteiger partial charge in [0.1, 0.15) is 0 Å². The van der Waals surface area contributed by atoms with Crippen molar-refractivity contribution in [2.45, 2.75) is 26.8 Å². The third kappa shape index (κ3) is 2.93. The summed E-state index contributed by atoms with van der Waals surface area (Å²) in [5, 5.41) is 0. The van der Waals surface area contributed by atoms with E-state index in [4.69, 9.17) is 0 Å². The highest BCUT2D eigenvalue weighted by Gasteiger charge is 1.91. The van der Waals surface area contributed by atoms with Crippen LogP contribution < -0.4 is 10.9 Å². The molecule has 0 unspecified atom stereocenters. The molecule has 1 aromatic rings. The zero-order valence-electron chi connectivity index (χ0n) is 7.89. The maximum atomic E-state index is 3.13. The van der Waals surface area contributed by atoms with E-state index in [0.29, 0.717) is 6.04 Å². The van der Waals surface area contributed by atoms with E-state index in [1.54, 1.807) is 0 Å². The molecule has 66 valence electrons. The molecule has 2 heteroatoms. The summed E-state index contributed by atoms with van der Waals surface area (Å²) in [6, 6.07) is 8.75. The predicted octanol–water partition coefficient (Wildman–Crippen LogP) is 2.32. The molecule has 12 heavy (non-hydrogen) atoms. The SMILES string of the molecule is Cc1ccc(NNC(C)C)cc1. The van der Waals surface area contributed by atoms with Gasteiger partial charge in [0, 0.05) is 11.7 Å². The van der Waals surface area contributed by atoms with Gasteiger partial charge in [-0.2, -0.15) is 0 Å². The van der Waals surface area contributed by atoms with E-state index >= 15 is 0 Å². The van der Waals surface area contributed by atoms with Crippen LogP contribution in [0, 0.1) is 6.92 Å². The third-order valence-electron chi connectivity index (χ3n) is 1.56. The molecule has 0 saturated heterocycles. The summed E-state index contributed by atoms with van der Waals surface area (Å²) >= 11 is 0. The smallest absolute Gasteiger partial charge is 0.0487 e. The van der Waals surface area contributed by atoms with Gasteiger partial charge >= 0.3 is 0 Å². The standard InChI is InChI=1S/C10H16N2/c1-8(2)11-12-10-6-4-9(3)5-7-10/h4-8,11-12H,1-3H3. The van der Waals surface area contributed by atoms with Crippen molar-refractivity contribution in [3.8, 4) is 0 Å². The fourth-order valence-electron chi connectivity index (χ4n) is 0.865. The van der Waals surface area contributed by atoms with Gasteiger partial charge in [-0.3, -0.25) is 0 Å². The van der Waals surface area contributed by atoms with Crippen LogP contribution in [-0.4, -0.2) is 6.04 Å². The van der Waals surface area contributed by atoms with Crippen LogP contribution in [0.15, 0.2) is 24.3 Å². The first kappa shape index (κ1) is 9.07. The van der Waals surface area contributed by atoms with Gasteiger partial charge in [0.25, 0.3) is 0 Å². The van der Waals surface area contributed by atoms with Crippen molar-refractivity contribution in [1.29, 1.82) is 0 Å². The highest BCUT2D eigenvalue weighted by Crippen LogP contribution is 2.06. The zero-order chi connectivity index (χ0) is 8.97. The van der Waals surface area contributed by atoms with E-state index in [-0.39, 0.29) is 0 Å². The monoisotopic (exact) mass is 164 g/mol. The van der Waals surface area contributed by atoms with Crippen molar-refractivity contribution in [3.05, 3.63) is 29.8 Å². The van der Waals surface area contributed by atoms with Crippen LogP contribution in [0.5, 0.6) is 0 Å². The van der Waals surface area contributed by atoms with Gasteiger partial charge in [0.05, 0.1) is 0 Å². The van der Waals surface area contributed by atoms with Gasteiger partial charge in [-0.15, -0.1) is 0 Å². The molecule has 0 amide bonds. The summed E-state index contributed by atoms with van der Waals surface area (Å²) in [5.41, 5.74) is 8.64. The van der Waals surface area contributed by atoms with Crippen molar-refractivity contribution in [3.63, 3.8) is 0 Å². The predicted molar refractivity (Wildman–Crippen MR) is 53.1 cm³/mol. The van der Waals surface area contributed by atoms with E-state index in [2.05, 4.69) is 55.9 Å². The summed E-state index contributed by atoms with van der Waals surface area (Å²) in [5.74, 6) is 0. The Morgan fingerprint density at radius 2 is 1.67 bits per heavy atom. The Kier molecular flexibility index (Phi) is 3.11. The van der Waals surface area contributed by atoms with Crippen LogP contribution in [0.3, 0.4) is 0 Å². The molecule has 0 heterocycles. The fraction of sp³-hybridized carbons (Fsp3) is 0.400. The Balaban J connectivity index is 2.48. The highest BCUT2D eigenvalue weighted by molar-refractivity contribution is 5.43.